The first kappa shape index (κ1) is 25.5. The maximum Gasteiger partial charge on any atom is 0.340 e. The molecule has 0 amide bonds. The van der Waals surface area contributed by atoms with Crippen molar-refractivity contribution in [2.24, 2.45) is 17.8 Å². The van der Waals surface area contributed by atoms with Crippen LogP contribution in [0.25, 0.3) is 0 Å². The molecule has 0 aromatic heterocycles. The van der Waals surface area contributed by atoms with E-state index in [0.29, 0.717) is 39.8 Å². The maximum atomic E-state index is 13.9. The number of rotatable bonds is 8. The van der Waals surface area contributed by atoms with Crippen molar-refractivity contribution in [3.05, 3.63) is 94.0 Å². The van der Waals surface area contributed by atoms with Crippen molar-refractivity contribution >= 4 is 40.2 Å². The van der Waals surface area contributed by atoms with Crippen LogP contribution in [0.5, 0.6) is 0 Å². The molecule has 4 bridgehead atoms. The standard InChI is InChI=1S/C31H30ClNO4S/c32-25-6-1-19(2-7-25)18-33-26-8-3-23(4-9-26)29(34)24-5-10-28(27(14-24)30(35)36)38(37)31-15-20-11-21(16-31)13-22(12-20)17-31/h1-10,14,20-22,33H,11-13,15-18H2,(H,35,36). The van der Waals surface area contributed by atoms with Gasteiger partial charge in [-0.3, -0.25) is 4.79 Å². The summed E-state index contributed by atoms with van der Waals surface area (Å²) in [5.41, 5.74) is 2.68. The van der Waals surface area contributed by atoms with Crippen molar-refractivity contribution in [2.45, 2.75) is 54.7 Å². The van der Waals surface area contributed by atoms with E-state index in [1.165, 1.54) is 25.3 Å². The molecule has 3 aromatic carbocycles. The van der Waals surface area contributed by atoms with Crippen LogP contribution in [-0.4, -0.2) is 26.2 Å². The molecule has 7 heteroatoms. The molecule has 0 heterocycles. The minimum atomic E-state index is -1.42. The SMILES string of the molecule is O=C(c1ccc(NCc2ccc(Cl)cc2)cc1)c1ccc([S+]([O-])C23CC4CC(CC(C4)C2)C3)c(C(=O)O)c1. The van der Waals surface area contributed by atoms with Gasteiger partial charge in [0.2, 0.25) is 0 Å². The number of hydrogen-bond donors (Lipinski definition) is 2. The van der Waals surface area contributed by atoms with Crippen LogP contribution in [0.3, 0.4) is 0 Å². The molecule has 38 heavy (non-hydrogen) atoms. The van der Waals surface area contributed by atoms with Crippen molar-refractivity contribution in [1.29, 1.82) is 0 Å². The third kappa shape index (κ3) is 4.86. The van der Waals surface area contributed by atoms with Crippen LogP contribution in [0.1, 0.15) is 70.4 Å². The van der Waals surface area contributed by atoms with Gasteiger partial charge in [-0.05, 0) is 108 Å². The lowest BCUT2D eigenvalue weighted by molar-refractivity contribution is 0.0338. The fraction of sp³-hybridized carbons (Fsp3) is 0.355. The third-order valence-electron chi connectivity index (χ3n) is 8.60. The number of hydrogen-bond acceptors (Lipinski definition) is 4. The fourth-order valence-corrected chi connectivity index (χ4v) is 9.50. The Labute approximate surface area is 230 Å². The Morgan fingerprint density at radius 1 is 0.895 bits per heavy atom. The molecule has 4 aliphatic rings. The summed E-state index contributed by atoms with van der Waals surface area (Å²) in [6.07, 6.45) is 6.44. The van der Waals surface area contributed by atoms with E-state index in [1.807, 2.05) is 36.4 Å². The average molecular weight is 548 g/mol. The molecule has 0 radical (unpaired) electrons. The summed E-state index contributed by atoms with van der Waals surface area (Å²) in [4.78, 5) is 25.9. The van der Waals surface area contributed by atoms with Crippen LogP contribution in [0.4, 0.5) is 5.69 Å². The van der Waals surface area contributed by atoms with Crippen molar-refractivity contribution in [3.63, 3.8) is 0 Å². The van der Waals surface area contributed by atoms with E-state index in [0.717, 1.165) is 30.5 Å². The Morgan fingerprint density at radius 2 is 1.47 bits per heavy atom. The largest absolute Gasteiger partial charge is 0.611 e. The van der Waals surface area contributed by atoms with Gasteiger partial charge in [0.25, 0.3) is 0 Å². The van der Waals surface area contributed by atoms with Crippen LogP contribution in [0.2, 0.25) is 5.02 Å². The number of carboxylic acid groups (broad SMARTS) is 1. The van der Waals surface area contributed by atoms with E-state index >= 15 is 0 Å². The minimum absolute atomic E-state index is 0.0221. The Kier molecular flexibility index (Phi) is 6.75. The van der Waals surface area contributed by atoms with Gasteiger partial charge in [0, 0.05) is 47.6 Å². The molecule has 2 N–H and O–H groups in total. The summed E-state index contributed by atoms with van der Waals surface area (Å²) in [7, 11) is 0. The van der Waals surface area contributed by atoms with E-state index in [2.05, 4.69) is 5.32 Å². The zero-order valence-electron chi connectivity index (χ0n) is 21.0. The summed E-state index contributed by atoms with van der Waals surface area (Å²) in [5, 5.41) is 14.0. The van der Waals surface area contributed by atoms with Crippen LogP contribution >= 0.6 is 11.6 Å². The molecule has 1 atom stereocenters. The average Bonchev–Trinajstić information content (AvgIpc) is 2.91. The number of ketones is 1. The molecule has 0 spiro atoms. The van der Waals surface area contributed by atoms with Gasteiger partial charge in [-0.15, -0.1) is 0 Å². The molecular formula is C31H30ClNO4S. The second-order valence-corrected chi connectivity index (χ2v) is 13.6. The van der Waals surface area contributed by atoms with Crippen molar-refractivity contribution in [2.75, 3.05) is 5.32 Å². The summed E-state index contributed by atoms with van der Waals surface area (Å²) < 4.78 is 13.6. The maximum absolute atomic E-state index is 13.9. The predicted octanol–water partition coefficient (Wildman–Crippen LogP) is 6.96. The fourth-order valence-electron chi connectivity index (χ4n) is 7.20. The quantitative estimate of drug-likeness (QED) is 0.235. The van der Waals surface area contributed by atoms with E-state index in [4.69, 9.17) is 11.6 Å². The number of nitrogens with one attached hydrogen (secondary N) is 1. The minimum Gasteiger partial charge on any atom is -0.611 e. The molecule has 0 aliphatic heterocycles. The summed E-state index contributed by atoms with van der Waals surface area (Å²) in [6, 6.07) is 19.4. The zero-order chi connectivity index (χ0) is 26.4. The first-order chi connectivity index (χ1) is 18.3. The van der Waals surface area contributed by atoms with Gasteiger partial charge in [-0.25, -0.2) is 4.79 Å². The summed E-state index contributed by atoms with van der Waals surface area (Å²) in [6.45, 7) is 0.620. The number of anilines is 1. The molecule has 0 saturated heterocycles. The highest BCUT2D eigenvalue weighted by Crippen LogP contribution is 2.59. The van der Waals surface area contributed by atoms with E-state index < -0.39 is 17.1 Å². The molecule has 4 saturated carbocycles. The molecule has 4 aliphatic carbocycles. The molecule has 5 nitrogen and oxygen atoms in total. The van der Waals surface area contributed by atoms with Crippen LogP contribution in [-0.2, 0) is 17.7 Å². The highest BCUT2D eigenvalue weighted by Gasteiger charge is 2.58. The van der Waals surface area contributed by atoms with E-state index in [-0.39, 0.29) is 21.7 Å². The highest BCUT2D eigenvalue weighted by molar-refractivity contribution is 7.93. The predicted molar refractivity (Wildman–Crippen MR) is 149 cm³/mol. The normalized spacial score (nSPS) is 26.2. The summed E-state index contributed by atoms with van der Waals surface area (Å²) in [5.74, 6) is 0.437. The Bertz CT molecular complexity index is 1340. The van der Waals surface area contributed by atoms with E-state index in [9.17, 15) is 19.2 Å². The molecule has 7 rings (SSSR count). The number of aromatic carboxylic acids is 1. The van der Waals surface area contributed by atoms with Crippen molar-refractivity contribution < 1.29 is 19.2 Å². The third-order valence-corrected chi connectivity index (χ3v) is 10.9. The number of carboxylic acids is 1. The first-order valence-electron chi connectivity index (χ1n) is 13.2. The number of carbonyl (C=O) groups excluding carboxylic acids is 1. The smallest absolute Gasteiger partial charge is 0.340 e. The Hall–Kier alpha value is -2.80. The van der Waals surface area contributed by atoms with Crippen LogP contribution in [0.15, 0.2) is 71.6 Å². The van der Waals surface area contributed by atoms with Gasteiger partial charge in [-0.1, -0.05) is 23.7 Å². The van der Waals surface area contributed by atoms with Gasteiger partial charge in [0.1, 0.15) is 10.3 Å². The Morgan fingerprint density at radius 3 is 2.05 bits per heavy atom. The first-order valence-corrected chi connectivity index (χ1v) is 14.7. The Balaban J connectivity index is 1.19. The van der Waals surface area contributed by atoms with Gasteiger partial charge in [-0.2, -0.15) is 0 Å². The van der Waals surface area contributed by atoms with Gasteiger partial charge < -0.3 is 15.0 Å². The van der Waals surface area contributed by atoms with Crippen molar-refractivity contribution in [1.82, 2.24) is 0 Å². The molecular weight excluding hydrogens is 518 g/mol. The van der Waals surface area contributed by atoms with Crippen molar-refractivity contribution in [3.8, 4) is 0 Å². The number of carbonyl (C=O) groups is 2. The second-order valence-electron chi connectivity index (χ2n) is 11.3. The van der Waals surface area contributed by atoms with Gasteiger partial charge >= 0.3 is 5.97 Å². The molecule has 3 aromatic rings. The van der Waals surface area contributed by atoms with Gasteiger partial charge in [0.05, 0.1) is 0 Å². The highest BCUT2D eigenvalue weighted by atomic mass is 35.5. The van der Waals surface area contributed by atoms with Crippen LogP contribution in [0, 0.1) is 17.8 Å². The molecule has 196 valence electrons. The van der Waals surface area contributed by atoms with E-state index in [1.54, 1.807) is 24.3 Å². The van der Waals surface area contributed by atoms with Gasteiger partial charge in [0.15, 0.2) is 10.7 Å². The summed E-state index contributed by atoms with van der Waals surface area (Å²) >= 11 is 4.52. The lowest BCUT2D eigenvalue weighted by atomic mass is 9.56. The lowest BCUT2D eigenvalue weighted by Crippen LogP contribution is -2.54. The zero-order valence-corrected chi connectivity index (χ0v) is 22.6. The topological polar surface area (TPSA) is 89.5 Å². The second kappa shape index (κ2) is 10.1. The van der Waals surface area contributed by atoms with Crippen LogP contribution < -0.4 is 5.32 Å². The number of halogens is 1. The number of benzene rings is 3. The molecule has 1 unspecified atom stereocenters. The monoisotopic (exact) mass is 547 g/mol. The lowest BCUT2D eigenvalue weighted by Gasteiger charge is -2.55. The molecule has 4 fully saturated rings.